The zero-order valence-corrected chi connectivity index (χ0v) is 14.8. The second-order valence-electron chi connectivity index (χ2n) is 7.66. The quantitative estimate of drug-likeness (QED) is 0.857. The maximum Gasteiger partial charge on any atom is 0.254 e. The van der Waals surface area contributed by atoms with Gasteiger partial charge in [0.1, 0.15) is 5.60 Å². The molecule has 0 unspecified atom stereocenters. The van der Waals surface area contributed by atoms with Crippen LogP contribution in [0.1, 0.15) is 45.1 Å². The van der Waals surface area contributed by atoms with E-state index in [1.165, 1.54) is 6.20 Å². The molecule has 1 fully saturated rings. The first kappa shape index (κ1) is 17.4. The Balaban J connectivity index is 2.07. The van der Waals surface area contributed by atoms with Gasteiger partial charge in [-0.3, -0.25) is 0 Å². The molecule has 7 heteroatoms. The van der Waals surface area contributed by atoms with E-state index in [-0.39, 0.29) is 10.9 Å². The molecule has 4 nitrogen and oxygen atoms in total. The van der Waals surface area contributed by atoms with E-state index in [2.05, 4.69) is 43.8 Å². The van der Waals surface area contributed by atoms with Crippen LogP contribution in [0.4, 0.5) is 8.78 Å². The summed E-state index contributed by atoms with van der Waals surface area (Å²) in [6.07, 6.45) is 0.250. The van der Waals surface area contributed by atoms with Crippen LogP contribution in [0.5, 0.6) is 0 Å². The molecule has 2 rings (SSSR count). The summed E-state index contributed by atoms with van der Waals surface area (Å²) in [6.45, 7) is 11.0. The van der Waals surface area contributed by atoms with Gasteiger partial charge < -0.3 is 9.53 Å². The summed E-state index contributed by atoms with van der Waals surface area (Å²) in [6, 6.07) is 1.69. The van der Waals surface area contributed by atoms with Gasteiger partial charge in [-0.05, 0) is 24.2 Å². The number of hydrogen-bond donors (Lipinski definition) is 1. The van der Waals surface area contributed by atoms with Gasteiger partial charge in [-0.1, -0.05) is 20.8 Å². The summed E-state index contributed by atoms with van der Waals surface area (Å²) >= 11 is 0. The highest BCUT2D eigenvalue weighted by Gasteiger charge is 2.58. The predicted molar refractivity (Wildman–Crippen MR) is 82.1 cm³/mol. The van der Waals surface area contributed by atoms with Crippen LogP contribution in [-0.2, 0) is 16.6 Å². The topological polar surface area (TPSA) is 55.2 Å². The summed E-state index contributed by atoms with van der Waals surface area (Å²) in [5, 5.41) is 10.2. The number of rotatable bonds is 4. The van der Waals surface area contributed by atoms with Crippen molar-refractivity contribution in [2.75, 3.05) is 0 Å². The van der Waals surface area contributed by atoms with Crippen LogP contribution in [-0.4, -0.2) is 29.3 Å². The van der Waals surface area contributed by atoms with Crippen molar-refractivity contribution in [2.24, 2.45) is 0 Å². The Morgan fingerprint density at radius 2 is 1.91 bits per heavy atom. The molecule has 0 atom stereocenters. The van der Waals surface area contributed by atoms with Gasteiger partial charge in [0.15, 0.2) is 14.1 Å². The van der Waals surface area contributed by atoms with Crippen molar-refractivity contribution < 1.29 is 18.3 Å². The van der Waals surface area contributed by atoms with Gasteiger partial charge in [-0.2, -0.15) is 0 Å². The highest BCUT2D eigenvalue weighted by Crippen LogP contribution is 2.50. The molecule has 1 aliphatic carbocycles. The van der Waals surface area contributed by atoms with Crippen molar-refractivity contribution in [2.45, 2.75) is 69.9 Å². The Hall–Kier alpha value is -0.923. The van der Waals surface area contributed by atoms with E-state index in [4.69, 9.17) is 4.43 Å². The van der Waals surface area contributed by atoms with Crippen LogP contribution >= 0.6 is 0 Å². The smallest absolute Gasteiger partial charge is 0.254 e. The molecule has 0 aromatic carbocycles. The van der Waals surface area contributed by atoms with Crippen molar-refractivity contribution >= 4 is 8.32 Å². The molecule has 1 aromatic heterocycles. The van der Waals surface area contributed by atoms with Gasteiger partial charge in [-0.25, -0.2) is 18.7 Å². The zero-order chi connectivity index (χ0) is 16.8. The second-order valence-corrected chi connectivity index (χ2v) is 12.5. The third-order valence-corrected chi connectivity index (χ3v) is 9.10. The highest BCUT2D eigenvalue weighted by atomic mass is 28.4. The molecule has 0 aliphatic heterocycles. The Kier molecular flexibility index (Phi) is 4.21. The first-order chi connectivity index (χ1) is 9.85. The van der Waals surface area contributed by atoms with Crippen molar-refractivity contribution in [1.29, 1.82) is 0 Å². The molecule has 0 radical (unpaired) electrons. The summed E-state index contributed by atoms with van der Waals surface area (Å²) in [7, 11) is -1.91. The summed E-state index contributed by atoms with van der Waals surface area (Å²) in [4.78, 5) is 8.17. The van der Waals surface area contributed by atoms with E-state index < -0.39 is 32.7 Å². The second kappa shape index (κ2) is 5.32. The predicted octanol–water partition coefficient (Wildman–Crippen LogP) is 3.62. The van der Waals surface area contributed by atoms with E-state index in [9.17, 15) is 13.9 Å². The first-order valence-corrected chi connectivity index (χ1v) is 10.3. The SMILES string of the molecule is CC(C)(C)[Si](C)(C)OCc1ccnc(C2(O)CC(F)(F)C2)n1. The van der Waals surface area contributed by atoms with Crippen molar-refractivity contribution in [3.8, 4) is 0 Å². The van der Waals surface area contributed by atoms with Gasteiger partial charge >= 0.3 is 0 Å². The number of nitrogens with zero attached hydrogens (tertiary/aromatic N) is 2. The van der Waals surface area contributed by atoms with Gasteiger partial charge in [0.25, 0.3) is 5.92 Å². The van der Waals surface area contributed by atoms with Crippen LogP contribution in [0.15, 0.2) is 12.3 Å². The van der Waals surface area contributed by atoms with Crippen LogP contribution in [0, 0.1) is 0 Å². The maximum atomic E-state index is 13.0. The number of alkyl halides is 2. The van der Waals surface area contributed by atoms with Gasteiger partial charge in [0.05, 0.1) is 12.3 Å². The van der Waals surface area contributed by atoms with E-state index in [0.29, 0.717) is 12.3 Å². The first-order valence-electron chi connectivity index (χ1n) is 7.41. The van der Waals surface area contributed by atoms with Crippen LogP contribution in [0.2, 0.25) is 18.1 Å². The number of halogens is 2. The van der Waals surface area contributed by atoms with Crippen molar-refractivity contribution in [1.82, 2.24) is 9.97 Å². The monoisotopic (exact) mass is 330 g/mol. The van der Waals surface area contributed by atoms with Gasteiger partial charge in [0.2, 0.25) is 0 Å². The average Bonchev–Trinajstić information content (AvgIpc) is 2.33. The molecule has 0 spiro atoms. The summed E-state index contributed by atoms with van der Waals surface area (Å²) in [5.74, 6) is -2.76. The molecule has 124 valence electrons. The Morgan fingerprint density at radius 1 is 1.32 bits per heavy atom. The molecule has 22 heavy (non-hydrogen) atoms. The Bertz CT molecular complexity index is 551. The zero-order valence-electron chi connectivity index (χ0n) is 13.8. The van der Waals surface area contributed by atoms with Crippen molar-refractivity contribution in [3.63, 3.8) is 0 Å². The lowest BCUT2D eigenvalue weighted by molar-refractivity contribution is -0.214. The van der Waals surface area contributed by atoms with Crippen LogP contribution < -0.4 is 0 Å². The lowest BCUT2D eigenvalue weighted by Gasteiger charge is -2.41. The van der Waals surface area contributed by atoms with Gasteiger partial charge in [-0.15, -0.1) is 0 Å². The summed E-state index contributed by atoms with van der Waals surface area (Å²) in [5.41, 5.74) is -1.00. The average molecular weight is 330 g/mol. The van der Waals surface area contributed by atoms with Crippen LogP contribution in [0.25, 0.3) is 0 Å². The fourth-order valence-electron chi connectivity index (χ4n) is 2.13. The fraction of sp³-hybridized carbons (Fsp3) is 0.733. The van der Waals surface area contributed by atoms with Gasteiger partial charge in [0, 0.05) is 19.0 Å². The minimum absolute atomic E-state index is 0.0646. The highest BCUT2D eigenvalue weighted by molar-refractivity contribution is 6.74. The third kappa shape index (κ3) is 3.52. The normalized spacial score (nSPS) is 20.5. The molecule has 1 aliphatic rings. The molecular formula is C15H24F2N2O2Si. The minimum atomic E-state index is -2.83. The lowest BCUT2D eigenvalue weighted by Crippen LogP contribution is -2.50. The van der Waals surface area contributed by atoms with Crippen molar-refractivity contribution in [3.05, 3.63) is 23.8 Å². The molecule has 1 saturated carbocycles. The molecule has 1 aromatic rings. The molecular weight excluding hydrogens is 306 g/mol. The molecule has 0 bridgehead atoms. The molecule has 0 amide bonds. The van der Waals surface area contributed by atoms with E-state index in [0.717, 1.165) is 0 Å². The largest absolute Gasteiger partial charge is 0.411 e. The van der Waals surface area contributed by atoms with Crippen LogP contribution in [0.3, 0.4) is 0 Å². The third-order valence-electron chi connectivity index (χ3n) is 4.62. The number of hydrogen-bond acceptors (Lipinski definition) is 4. The van der Waals surface area contributed by atoms with E-state index in [1.54, 1.807) is 6.07 Å². The Morgan fingerprint density at radius 3 is 2.41 bits per heavy atom. The number of aliphatic hydroxyl groups is 1. The molecule has 1 N–H and O–H groups in total. The standard InChI is InChI=1S/C15H24F2N2O2Si/c1-13(2,3)22(4,5)21-8-11-6-7-18-12(19-11)14(20)9-15(16,17)10-14/h6-7,20H,8-10H2,1-5H3. The number of aromatic nitrogens is 2. The molecule has 0 saturated heterocycles. The molecule has 1 heterocycles. The van der Waals surface area contributed by atoms with E-state index >= 15 is 0 Å². The maximum absolute atomic E-state index is 13.0. The lowest BCUT2D eigenvalue weighted by atomic mass is 9.76. The van der Waals surface area contributed by atoms with E-state index in [1.807, 2.05) is 0 Å². The minimum Gasteiger partial charge on any atom is -0.411 e. The fourth-order valence-corrected chi connectivity index (χ4v) is 3.08. The Labute approximate surface area is 131 Å². The summed E-state index contributed by atoms with van der Waals surface area (Å²) < 4.78 is 32.1.